The molecule has 1 saturated heterocycles. The van der Waals surface area contributed by atoms with E-state index in [1.807, 2.05) is 29.2 Å². The lowest BCUT2D eigenvalue weighted by atomic mass is 9.82. The number of halogens is 1. The molecule has 1 amide bonds. The lowest BCUT2D eigenvalue weighted by Crippen LogP contribution is -2.51. The Hall–Kier alpha value is -2.72. The molecular weight excluding hydrogens is 406 g/mol. The number of amides is 1. The van der Waals surface area contributed by atoms with Crippen molar-refractivity contribution in [1.82, 2.24) is 9.47 Å². The van der Waals surface area contributed by atoms with E-state index in [2.05, 4.69) is 67.2 Å². The summed E-state index contributed by atoms with van der Waals surface area (Å²) < 4.78 is 2.24. The third-order valence-electron chi connectivity index (χ3n) is 6.73. The van der Waals surface area contributed by atoms with E-state index in [1.54, 1.807) is 0 Å². The van der Waals surface area contributed by atoms with Gasteiger partial charge >= 0.3 is 0 Å². The van der Waals surface area contributed by atoms with Crippen LogP contribution in [0.25, 0.3) is 5.69 Å². The first-order valence-electron chi connectivity index (χ1n) is 10.9. The van der Waals surface area contributed by atoms with Crippen LogP contribution in [-0.2, 0) is 11.0 Å². The highest BCUT2D eigenvalue weighted by atomic mass is 35.5. The monoisotopic (exact) mass is 433 g/mol. The summed E-state index contributed by atoms with van der Waals surface area (Å²) in [6, 6.07) is 18.3. The number of anilines is 1. The van der Waals surface area contributed by atoms with Crippen molar-refractivity contribution >= 4 is 23.2 Å². The molecule has 3 aromatic rings. The van der Waals surface area contributed by atoms with Crippen molar-refractivity contribution < 1.29 is 4.79 Å². The van der Waals surface area contributed by atoms with Crippen molar-refractivity contribution in [2.24, 2.45) is 0 Å². The third kappa shape index (κ3) is 3.43. The Labute approximate surface area is 188 Å². The minimum atomic E-state index is -0.169. The molecule has 0 bridgehead atoms. The number of hydrogen-bond acceptors (Lipinski definition) is 2. The van der Waals surface area contributed by atoms with Crippen molar-refractivity contribution in [3.63, 3.8) is 0 Å². The lowest BCUT2D eigenvalue weighted by molar-refractivity contribution is 0.0676. The fraction of sp³-hybridized carbons (Fsp3) is 0.346. The fourth-order valence-electron chi connectivity index (χ4n) is 4.88. The van der Waals surface area contributed by atoms with Crippen molar-refractivity contribution in [2.75, 3.05) is 18.4 Å². The van der Waals surface area contributed by atoms with Gasteiger partial charge in [0.15, 0.2) is 0 Å². The molecule has 1 N–H and O–H groups in total. The van der Waals surface area contributed by atoms with Crippen LogP contribution in [0, 0.1) is 0 Å². The molecule has 0 saturated carbocycles. The molecule has 0 radical (unpaired) electrons. The van der Waals surface area contributed by atoms with E-state index in [1.165, 1.54) is 11.3 Å². The molecule has 31 heavy (non-hydrogen) atoms. The first-order chi connectivity index (χ1) is 14.8. The number of piperidine rings is 1. The Balaban J connectivity index is 1.36. The van der Waals surface area contributed by atoms with Gasteiger partial charge in [-0.3, -0.25) is 4.79 Å². The van der Waals surface area contributed by atoms with Gasteiger partial charge in [0.1, 0.15) is 0 Å². The molecule has 0 unspecified atom stereocenters. The van der Waals surface area contributed by atoms with Crippen LogP contribution in [0.2, 0.25) is 5.02 Å². The van der Waals surface area contributed by atoms with Gasteiger partial charge in [-0.15, -0.1) is 0 Å². The van der Waals surface area contributed by atoms with Gasteiger partial charge in [0, 0.05) is 35.6 Å². The second-order valence-corrected chi connectivity index (χ2v) is 10.2. The van der Waals surface area contributed by atoms with Gasteiger partial charge in [0.25, 0.3) is 5.91 Å². The van der Waals surface area contributed by atoms with Crippen LogP contribution in [-0.4, -0.2) is 28.5 Å². The predicted molar refractivity (Wildman–Crippen MR) is 126 cm³/mol. The first kappa shape index (κ1) is 20.2. The molecule has 1 aromatic heterocycles. The smallest absolute Gasteiger partial charge is 0.253 e. The van der Waals surface area contributed by atoms with Gasteiger partial charge in [0.05, 0.1) is 16.9 Å². The van der Waals surface area contributed by atoms with Gasteiger partial charge < -0.3 is 14.8 Å². The Morgan fingerprint density at radius 1 is 1.03 bits per heavy atom. The van der Waals surface area contributed by atoms with Crippen LogP contribution in [0.5, 0.6) is 0 Å². The summed E-state index contributed by atoms with van der Waals surface area (Å²) >= 11 is 6.25. The summed E-state index contributed by atoms with van der Waals surface area (Å²) in [5.41, 5.74) is 5.33. The zero-order chi connectivity index (χ0) is 21.8. The summed E-state index contributed by atoms with van der Waals surface area (Å²) in [5, 5.41) is 4.52. The Morgan fingerprint density at radius 2 is 1.74 bits per heavy atom. The highest BCUT2D eigenvalue weighted by Gasteiger charge is 2.42. The lowest BCUT2D eigenvalue weighted by Gasteiger charge is -2.46. The standard InChI is InChI=1S/C26H28ClN3O/c1-25(2,3)19-8-6-18(7-9-19)24(31)29-15-12-26(13-16-29)23-5-4-14-30(23)22-17-20(27)10-11-21(22)28-26/h4-11,14,17,28H,12-13,15-16H2,1-3H3. The number of hydrogen-bond donors (Lipinski definition) is 1. The van der Waals surface area contributed by atoms with Crippen LogP contribution in [0.1, 0.15) is 55.2 Å². The second-order valence-electron chi connectivity index (χ2n) is 9.75. The molecule has 2 aromatic carbocycles. The maximum Gasteiger partial charge on any atom is 0.253 e. The average Bonchev–Trinajstić information content (AvgIpc) is 3.26. The molecule has 3 heterocycles. The number of fused-ring (bicyclic) bond motifs is 4. The number of nitrogens with zero attached hydrogens (tertiary/aromatic N) is 2. The van der Waals surface area contributed by atoms with E-state index in [-0.39, 0.29) is 16.9 Å². The normalized spacial score (nSPS) is 17.1. The fourth-order valence-corrected chi connectivity index (χ4v) is 5.05. The van der Waals surface area contributed by atoms with Gasteiger partial charge in [-0.05, 0) is 66.3 Å². The summed E-state index contributed by atoms with van der Waals surface area (Å²) in [6.07, 6.45) is 3.83. The minimum Gasteiger partial charge on any atom is -0.372 e. The zero-order valence-electron chi connectivity index (χ0n) is 18.3. The number of aromatic nitrogens is 1. The van der Waals surface area contributed by atoms with Crippen LogP contribution in [0.15, 0.2) is 60.8 Å². The summed E-state index contributed by atoms with van der Waals surface area (Å²) in [5.74, 6) is 0.119. The molecule has 0 atom stereocenters. The second kappa shape index (κ2) is 7.16. The van der Waals surface area contributed by atoms with Crippen molar-refractivity contribution in [2.45, 2.75) is 44.6 Å². The Bertz CT molecular complexity index is 1130. The first-order valence-corrected chi connectivity index (χ1v) is 11.3. The van der Waals surface area contributed by atoms with E-state index in [0.717, 1.165) is 47.9 Å². The molecule has 1 spiro atoms. The van der Waals surface area contributed by atoms with Gasteiger partial charge in [-0.25, -0.2) is 0 Å². The van der Waals surface area contributed by atoms with Gasteiger partial charge in [-0.2, -0.15) is 0 Å². The minimum absolute atomic E-state index is 0.0845. The quantitative estimate of drug-likeness (QED) is 0.512. The molecule has 2 aliphatic rings. The molecule has 4 nitrogen and oxygen atoms in total. The highest BCUT2D eigenvalue weighted by Crippen LogP contribution is 2.44. The number of likely N-dealkylation sites (tertiary alicyclic amines) is 1. The molecular formula is C26H28ClN3O. The van der Waals surface area contributed by atoms with Crippen molar-refractivity contribution in [1.29, 1.82) is 0 Å². The van der Waals surface area contributed by atoms with Crippen LogP contribution in [0.4, 0.5) is 5.69 Å². The van der Waals surface area contributed by atoms with E-state index in [9.17, 15) is 4.79 Å². The topological polar surface area (TPSA) is 37.3 Å². The van der Waals surface area contributed by atoms with E-state index in [4.69, 9.17) is 11.6 Å². The van der Waals surface area contributed by atoms with Crippen LogP contribution >= 0.6 is 11.6 Å². The number of carbonyl (C=O) groups is 1. The number of rotatable bonds is 1. The maximum atomic E-state index is 13.1. The summed E-state index contributed by atoms with van der Waals surface area (Å²) in [4.78, 5) is 15.1. The Kier molecular flexibility index (Phi) is 4.67. The number of carbonyl (C=O) groups excluding carboxylic acids is 1. The molecule has 2 aliphatic heterocycles. The van der Waals surface area contributed by atoms with E-state index < -0.39 is 0 Å². The largest absolute Gasteiger partial charge is 0.372 e. The summed E-state index contributed by atoms with van der Waals surface area (Å²) in [6.45, 7) is 8.01. The Morgan fingerprint density at radius 3 is 2.42 bits per heavy atom. The van der Waals surface area contributed by atoms with Gasteiger partial charge in [0.2, 0.25) is 0 Å². The third-order valence-corrected chi connectivity index (χ3v) is 6.97. The van der Waals surface area contributed by atoms with E-state index in [0.29, 0.717) is 0 Å². The molecule has 5 rings (SSSR count). The average molecular weight is 434 g/mol. The predicted octanol–water partition coefficient (Wildman–Crippen LogP) is 5.99. The maximum absolute atomic E-state index is 13.1. The van der Waals surface area contributed by atoms with Gasteiger partial charge in [-0.1, -0.05) is 44.5 Å². The van der Waals surface area contributed by atoms with E-state index >= 15 is 0 Å². The van der Waals surface area contributed by atoms with Crippen LogP contribution in [0.3, 0.4) is 0 Å². The highest BCUT2D eigenvalue weighted by molar-refractivity contribution is 6.30. The SMILES string of the molecule is CC(C)(C)c1ccc(C(=O)N2CCC3(CC2)Nc2ccc(Cl)cc2-n2cccc23)cc1. The number of benzene rings is 2. The van der Waals surface area contributed by atoms with Crippen molar-refractivity contribution in [3.05, 3.63) is 82.6 Å². The molecule has 0 aliphatic carbocycles. The zero-order valence-corrected chi connectivity index (χ0v) is 19.0. The summed E-state index contributed by atoms with van der Waals surface area (Å²) in [7, 11) is 0. The molecule has 1 fully saturated rings. The molecule has 5 heteroatoms. The number of nitrogens with one attached hydrogen (secondary N) is 1. The molecule has 160 valence electrons. The van der Waals surface area contributed by atoms with Crippen LogP contribution < -0.4 is 5.32 Å². The van der Waals surface area contributed by atoms with Crippen molar-refractivity contribution in [3.8, 4) is 5.69 Å².